The number of carboxylic acids is 2. The van der Waals surface area contributed by atoms with Crippen LogP contribution >= 0.6 is 0 Å². The number of carbonyl (C=O) groups is 2. The Morgan fingerprint density at radius 1 is 1.25 bits per heavy atom. The van der Waals surface area contributed by atoms with Gasteiger partial charge in [0.05, 0.1) is 0 Å². The predicted octanol–water partition coefficient (Wildman–Crippen LogP) is 0.436. The Morgan fingerprint density at radius 2 is 1.88 bits per heavy atom. The van der Waals surface area contributed by atoms with Crippen LogP contribution < -0.4 is 5.32 Å². The van der Waals surface area contributed by atoms with Gasteiger partial charge in [0.15, 0.2) is 0 Å². The van der Waals surface area contributed by atoms with Gasteiger partial charge in [0.1, 0.15) is 6.04 Å². The number of nitrogens with one attached hydrogen (secondary N) is 1. The van der Waals surface area contributed by atoms with E-state index in [1.807, 2.05) is 0 Å². The van der Waals surface area contributed by atoms with Crippen LogP contribution in [0.15, 0.2) is 0 Å². The summed E-state index contributed by atoms with van der Waals surface area (Å²) in [7, 11) is 0. The number of unbranched alkanes of at least 4 members (excludes halogenated alkanes) is 2. The van der Waals surface area contributed by atoms with E-state index in [4.69, 9.17) is 10.2 Å². The molecule has 0 radical (unpaired) electrons. The molecule has 0 aromatic rings. The Labute approximate surface area is 118 Å². The van der Waals surface area contributed by atoms with E-state index in [0.717, 1.165) is 19.3 Å². The third-order valence-corrected chi connectivity index (χ3v) is 2.12. The van der Waals surface area contributed by atoms with Gasteiger partial charge in [0, 0.05) is 6.42 Å². The first-order valence-electron chi connectivity index (χ1n) is 5.26. The van der Waals surface area contributed by atoms with E-state index in [0.29, 0.717) is 6.54 Å². The SMILES string of the molecule is CCCCCN[C@@H](CCC(=O)O)C(=O)O.[NaH]. The molecule has 0 spiro atoms. The van der Waals surface area contributed by atoms with Crippen molar-refractivity contribution in [2.45, 2.75) is 45.1 Å². The maximum atomic E-state index is 10.7. The molecule has 6 heteroatoms. The van der Waals surface area contributed by atoms with Crippen molar-refractivity contribution in [3.05, 3.63) is 0 Å². The van der Waals surface area contributed by atoms with E-state index in [1.54, 1.807) is 0 Å². The molecule has 90 valence electrons. The number of carboxylic acid groups (broad SMARTS) is 2. The molecule has 0 amide bonds. The summed E-state index contributed by atoms with van der Waals surface area (Å²) in [6, 6.07) is -0.738. The van der Waals surface area contributed by atoms with Crippen LogP contribution in [0.25, 0.3) is 0 Å². The van der Waals surface area contributed by atoms with Crippen LogP contribution in [0, 0.1) is 0 Å². The van der Waals surface area contributed by atoms with Gasteiger partial charge in [-0.05, 0) is 19.4 Å². The summed E-state index contributed by atoms with van der Waals surface area (Å²) in [5.41, 5.74) is 0. The average molecular weight is 241 g/mol. The van der Waals surface area contributed by atoms with Crippen molar-refractivity contribution in [2.24, 2.45) is 0 Å². The molecule has 0 saturated carbocycles. The van der Waals surface area contributed by atoms with Gasteiger partial charge >= 0.3 is 41.5 Å². The topological polar surface area (TPSA) is 86.6 Å². The minimum absolute atomic E-state index is 0. The Morgan fingerprint density at radius 3 is 2.31 bits per heavy atom. The molecular weight excluding hydrogens is 221 g/mol. The molecule has 5 nitrogen and oxygen atoms in total. The van der Waals surface area contributed by atoms with Crippen LogP contribution in [0.3, 0.4) is 0 Å². The van der Waals surface area contributed by atoms with Crippen LogP contribution in [0.1, 0.15) is 39.0 Å². The van der Waals surface area contributed by atoms with E-state index >= 15 is 0 Å². The Balaban J connectivity index is 0. The van der Waals surface area contributed by atoms with E-state index in [-0.39, 0.29) is 42.4 Å². The fraction of sp³-hybridized carbons (Fsp3) is 0.800. The molecule has 16 heavy (non-hydrogen) atoms. The minimum atomic E-state index is -0.979. The molecule has 0 aliphatic heterocycles. The van der Waals surface area contributed by atoms with Gasteiger partial charge in [-0.15, -0.1) is 0 Å². The van der Waals surface area contributed by atoms with Crippen molar-refractivity contribution in [3.8, 4) is 0 Å². The first-order chi connectivity index (χ1) is 7.07. The van der Waals surface area contributed by atoms with E-state index in [9.17, 15) is 9.59 Å². The van der Waals surface area contributed by atoms with Crippen molar-refractivity contribution in [3.63, 3.8) is 0 Å². The molecule has 3 N–H and O–H groups in total. The number of hydrogen-bond acceptors (Lipinski definition) is 3. The first kappa shape index (κ1) is 18.3. The summed E-state index contributed by atoms with van der Waals surface area (Å²) in [4.78, 5) is 21.0. The zero-order chi connectivity index (χ0) is 11.7. The van der Waals surface area contributed by atoms with E-state index < -0.39 is 18.0 Å². The zero-order valence-corrected chi connectivity index (χ0v) is 9.03. The molecular formula is C10H20NNaO4. The van der Waals surface area contributed by atoms with Crippen LogP contribution in [-0.4, -0.2) is 64.3 Å². The fourth-order valence-electron chi connectivity index (χ4n) is 1.23. The predicted molar refractivity (Wildman–Crippen MR) is 63.0 cm³/mol. The third kappa shape index (κ3) is 10.4. The van der Waals surface area contributed by atoms with Gasteiger partial charge in [0.2, 0.25) is 0 Å². The first-order valence-corrected chi connectivity index (χ1v) is 5.26. The van der Waals surface area contributed by atoms with Crippen molar-refractivity contribution in [1.82, 2.24) is 5.32 Å². The van der Waals surface area contributed by atoms with Gasteiger partial charge in [-0.3, -0.25) is 9.59 Å². The molecule has 0 aliphatic rings. The van der Waals surface area contributed by atoms with Crippen LogP contribution in [-0.2, 0) is 9.59 Å². The summed E-state index contributed by atoms with van der Waals surface area (Å²) in [5.74, 6) is -1.94. The number of aliphatic carboxylic acids is 2. The molecule has 1 atom stereocenters. The molecule has 0 aliphatic carbocycles. The van der Waals surface area contributed by atoms with Gasteiger partial charge < -0.3 is 15.5 Å². The molecule has 0 bridgehead atoms. The quantitative estimate of drug-likeness (QED) is 0.402. The molecule has 0 heterocycles. The van der Waals surface area contributed by atoms with Crippen LogP contribution in [0.2, 0.25) is 0 Å². The average Bonchev–Trinajstić information content (AvgIpc) is 2.15. The van der Waals surface area contributed by atoms with Gasteiger partial charge in [-0.1, -0.05) is 19.8 Å². The van der Waals surface area contributed by atoms with Gasteiger partial charge in [0.25, 0.3) is 0 Å². The summed E-state index contributed by atoms with van der Waals surface area (Å²) < 4.78 is 0. The standard InChI is InChI=1S/C10H19NO4.Na.H/c1-2-3-4-7-11-8(10(14)15)5-6-9(12)13;;/h8,11H,2-7H2,1H3,(H,12,13)(H,14,15);;/t8-;;/m0../s1. The molecule has 0 aromatic carbocycles. The molecule has 0 rings (SSSR count). The van der Waals surface area contributed by atoms with Crippen LogP contribution in [0.4, 0.5) is 0 Å². The van der Waals surface area contributed by atoms with Gasteiger partial charge in [-0.25, -0.2) is 0 Å². The maximum absolute atomic E-state index is 10.7. The third-order valence-electron chi connectivity index (χ3n) is 2.12. The van der Waals surface area contributed by atoms with Crippen LogP contribution in [0.5, 0.6) is 0 Å². The summed E-state index contributed by atoms with van der Waals surface area (Å²) in [6.07, 6.45) is 3.08. The van der Waals surface area contributed by atoms with Crippen molar-refractivity contribution >= 4 is 41.5 Å². The summed E-state index contributed by atoms with van der Waals surface area (Å²) >= 11 is 0. The van der Waals surface area contributed by atoms with Crippen molar-refractivity contribution in [2.75, 3.05) is 6.54 Å². The van der Waals surface area contributed by atoms with Crippen molar-refractivity contribution in [1.29, 1.82) is 0 Å². The molecule has 0 fully saturated rings. The van der Waals surface area contributed by atoms with E-state index in [1.165, 1.54) is 0 Å². The Hall–Kier alpha value is -0.100. The molecule has 0 unspecified atom stereocenters. The summed E-state index contributed by atoms with van der Waals surface area (Å²) in [5, 5.41) is 20.1. The van der Waals surface area contributed by atoms with Gasteiger partial charge in [-0.2, -0.15) is 0 Å². The Bertz CT molecular complexity index is 211. The summed E-state index contributed by atoms with van der Waals surface area (Å²) in [6.45, 7) is 2.70. The molecule has 0 aromatic heterocycles. The monoisotopic (exact) mass is 241 g/mol. The second kappa shape index (κ2) is 11.4. The number of rotatable bonds is 9. The number of hydrogen-bond donors (Lipinski definition) is 3. The van der Waals surface area contributed by atoms with E-state index in [2.05, 4.69) is 12.2 Å². The fourth-order valence-corrected chi connectivity index (χ4v) is 1.23. The second-order valence-corrected chi connectivity index (χ2v) is 3.48. The Kier molecular flexibility index (Phi) is 13.0. The second-order valence-electron chi connectivity index (χ2n) is 3.48. The normalized spacial score (nSPS) is 11.6. The molecule has 0 saturated heterocycles. The van der Waals surface area contributed by atoms with Crippen molar-refractivity contribution < 1.29 is 19.8 Å². The zero-order valence-electron chi connectivity index (χ0n) is 9.03.